The number of rotatable bonds is 2. The minimum absolute atomic E-state index is 0.176. The molecule has 2 aromatic rings. The summed E-state index contributed by atoms with van der Waals surface area (Å²) in [7, 11) is 0. The number of aromatic nitrogens is 1. The Morgan fingerprint density at radius 3 is 2.93 bits per heavy atom. The van der Waals surface area contributed by atoms with Crippen LogP contribution >= 0.6 is 0 Å². The van der Waals surface area contributed by atoms with Gasteiger partial charge in [0.2, 0.25) is 0 Å². The summed E-state index contributed by atoms with van der Waals surface area (Å²) in [5.41, 5.74) is 2.46. The SMILES string of the molecule is Fc1ccc2c(ccn2CC2=CNC2)c1. The molecule has 0 unspecified atom stereocenters. The van der Waals surface area contributed by atoms with Crippen LogP contribution < -0.4 is 5.32 Å². The maximum Gasteiger partial charge on any atom is 0.123 e. The Hall–Kier alpha value is -1.77. The predicted molar refractivity (Wildman–Crippen MR) is 58.0 cm³/mol. The van der Waals surface area contributed by atoms with E-state index in [1.54, 1.807) is 6.07 Å². The number of nitrogens with one attached hydrogen (secondary N) is 1. The highest BCUT2D eigenvalue weighted by Crippen LogP contribution is 2.18. The number of fused-ring (bicyclic) bond motifs is 1. The molecule has 0 saturated heterocycles. The molecule has 0 saturated carbocycles. The topological polar surface area (TPSA) is 17.0 Å². The molecule has 2 nitrogen and oxygen atoms in total. The molecular formula is C12H11FN2. The second-order valence-corrected chi connectivity index (χ2v) is 3.83. The van der Waals surface area contributed by atoms with E-state index in [0.717, 1.165) is 24.0 Å². The van der Waals surface area contributed by atoms with Gasteiger partial charge in [-0.05, 0) is 36.0 Å². The van der Waals surface area contributed by atoms with E-state index in [1.165, 1.54) is 11.6 Å². The molecule has 76 valence electrons. The number of halogens is 1. The summed E-state index contributed by atoms with van der Waals surface area (Å²) in [6.45, 7) is 1.85. The van der Waals surface area contributed by atoms with E-state index >= 15 is 0 Å². The first kappa shape index (κ1) is 8.53. The van der Waals surface area contributed by atoms with Crippen LogP contribution in [-0.2, 0) is 6.54 Å². The summed E-state index contributed by atoms with van der Waals surface area (Å²) in [6.07, 6.45) is 4.03. The van der Waals surface area contributed by atoms with Crippen molar-refractivity contribution in [2.75, 3.05) is 6.54 Å². The van der Waals surface area contributed by atoms with Gasteiger partial charge >= 0.3 is 0 Å². The van der Waals surface area contributed by atoms with Crippen molar-refractivity contribution in [3.8, 4) is 0 Å². The maximum atomic E-state index is 13.0. The van der Waals surface area contributed by atoms with E-state index in [0.29, 0.717) is 0 Å². The third kappa shape index (κ3) is 1.40. The molecule has 0 aliphatic carbocycles. The second-order valence-electron chi connectivity index (χ2n) is 3.83. The van der Waals surface area contributed by atoms with Gasteiger partial charge in [0.1, 0.15) is 5.82 Å². The van der Waals surface area contributed by atoms with Gasteiger partial charge in [-0.25, -0.2) is 4.39 Å². The van der Waals surface area contributed by atoms with Gasteiger partial charge in [0.05, 0.1) is 0 Å². The van der Waals surface area contributed by atoms with Crippen LogP contribution in [0.2, 0.25) is 0 Å². The van der Waals surface area contributed by atoms with E-state index in [1.807, 2.05) is 24.5 Å². The minimum atomic E-state index is -0.176. The Labute approximate surface area is 87.0 Å². The molecule has 0 fully saturated rings. The Kier molecular flexibility index (Phi) is 1.78. The molecule has 1 aliphatic heterocycles. The first-order valence-electron chi connectivity index (χ1n) is 4.99. The molecule has 1 N–H and O–H groups in total. The van der Waals surface area contributed by atoms with Crippen LogP contribution in [0.25, 0.3) is 10.9 Å². The highest BCUT2D eigenvalue weighted by atomic mass is 19.1. The Morgan fingerprint density at radius 2 is 2.20 bits per heavy atom. The third-order valence-electron chi connectivity index (χ3n) is 2.74. The van der Waals surface area contributed by atoms with Gasteiger partial charge in [-0.3, -0.25) is 0 Å². The molecule has 0 spiro atoms. The minimum Gasteiger partial charge on any atom is -0.387 e. The molecule has 3 heteroatoms. The molecule has 1 aliphatic rings. The van der Waals surface area contributed by atoms with Gasteiger partial charge in [-0.2, -0.15) is 0 Å². The summed E-state index contributed by atoms with van der Waals surface area (Å²) < 4.78 is 15.1. The van der Waals surface area contributed by atoms with Crippen molar-refractivity contribution < 1.29 is 4.39 Å². The van der Waals surface area contributed by atoms with Crippen molar-refractivity contribution in [2.45, 2.75) is 6.54 Å². The highest BCUT2D eigenvalue weighted by molar-refractivity contribution is 5.80. The standard InChI is InChI=1S/C12H11FN2/c13-11-1-2-12-10(5-11)3-4-15(12)8-9-6-14-7-9/h1-6,14H,7-8H2. The van der Waals surface area contributed by atoms with Crippen LogP contribution in [0, 0.1) is 5.82 Å². The average Bonchev–Trinajstić information content (AvgIpc) is 2.54. The van der Waals surface area contributed by atoms with Crippen molar-refractivity contribution in [1.82, 2.24) is 9.88 Å². The highest BCUT2D eigenvalue weighted by Gasteiger charge is 2.07. The predicted octanol–water partition coefficient (Wildman–Crippen LogP) is 2.27. The maximum absolute atomic E-state index is 13.0. The lowest BCUT2D eigenvalue weighted by Gasteiger charge is -2.17. The normalized spacial score (nSPS) is 14.6. The largest absolute Gasteiger partial charge is 0.387 e. The Balaban J connectivity index is 2.03. The monoisotopic (exact) mass is 202 g/mol. The molecular weight excluding hydrogens is 191 g/mol. The fourth-order valence-corrected chi connectivity index (χ4v) is 1.88. The zero-order chi connectivity index (χ0) is 10.3. The van der Waals surface area contributed by atoms with Crippen LogP contribution in [0.1, 0.15) is 0 Å². The lowest BCUT2D eigenvalue weighted by molar-refractivity contribution is 0.629. The summed E-state index contributed by atoms with van der Waals surface area (Å²) in [5.74, 6) is -0.176. The van der Waals surface area contributed by atoms with Gasteiger partial charge in [0.25, 0.3) is 0 Å². The van der Waals surface area contributed by atoms with Crippen molar-refractivity contribution in [3.63, 3.8) is 0 Å². The van der Waals surface area contributed by atoms with Crippen LogP contribution in [0.15, 0.2) is 42.2 Å². The summed E-state index contributed by atoms with van der Waals surface area (Å²) in [6, 6.07) is 6.86. The summed E-state index contributed by atoms with van der Waals surface area (Å²) in [5, 5.41) is 4.06. The zero-order valence-electron chi connectivity index (χ0n) is 8.20. The van der Waals surface area contributed by atoms with E-state index in [9.17, 15) is 4.39 Å². The number of nitrogens with zero attached hydrogens (tertiary/aromatic N) is 1. The molecule has 2 heterocycles. The lowest BCUT2D eigenvalue weighted by Crippen LogP contribution is -2.24. The first-order chi connectivity index (χ1) is 7.33. The molecule has 0 bridgehead atoms. The van der Waals surface area contributed by atoms with Crippen LogP contribution in [-0.4, -0.2) is 11.1 Å². The van der Waals surface area contributed by atoms with E-state index in [-0.39, 0.29) is 5.82 Å². The van der Waals surface area contributed by atoms with Crippen LogP contribution in [0.5, 0.6) is 0 Å². The van der Waals surface area contributed by atoms with Crippen LogP contribution in [0.4, 0.5) is 4.39 Å². The fraction of sp³-hybridized carbons (Fsp3) is 0.167. The average molecular weight is 202 g/mol. The van der Waals surface area contributed by atoms with Gasteiger partial charge in [0.15, 0.2) is 0 Å². The molecule has 15 heavy (non-hydrogen) atoms. The Bertz CT molecular complexity index is 540. The molecule has 3 rings (SSSR count). The molecule has 0 amide bonds. The van der Waals surface area contributed by atoms with Gasteiger partial charge in [-0.1, -0.05) is 0 Å². The Morgan fingerprint density at radius 1 is 1.33 bits per heavy atom. The van der Waals surface area contributed by atoms with Gasteiger partial charge in [0, 0.05) is 30.2 Å². The van der Waals surface area contributed by atoms with Crippen LogP contribution in [0.3, 0.4) is 0 Å². The third-order valence-corrected chi connectivity index (χ3v) is 2.74. The van der Waals surface area contributed by atoms with Gasteiger partial charge in [-0.15, -0.1) is 0 Å². The zero-order valence-corrected chi connectivity index (χ0v) is 8.20. The molecule has 0 radical (unpaired) electrons. The quantitative estimate of drug-likeness (QED) is 0.790. The molecule has 1 aromatic carbocycles. The van der Waals surface area contributed by atoms with Crippen molar-refractivity contribution >= 4 is 10.9 Å². The van der Waals surface area contributed by atoms with Crippen molar-refractivity contribution in [1.29, 1.82) is 0 Å². The summed E-state index contributed by atoms with van der Waals surface area (Å²) in [4.78, 5) is 0. The van der Waals surface area contributed by atoms with E-state index in [2.05, 4.69) is 9.88 Å². The first-order valence-corrected chi connectivity index (χ1v) is 4.99. The van der Waals surface area contributed by atoms with Crippen molar-refractivity contribution in [3.05, 3.63) is 48.1 Å². The number of hydrogen-bond acceptors (Lipinski definition) is 1. The smallest absolute Gasteiger partial charge is 0.123 e. The second kappa shape index (κ2) is 3.12. The molecule has 1 aromatic heterocycles. The lowest BCUT2D eigenvalue weighted by atomic mass is 10.2. The van der Waals surface area contributed by atoms with E-state index < -0.39 is 0 Å². The summed E-state index contributed by atoms with van der Waals surface area (Å²) >= 11 is 0. The fourth-order valence-electron chi connectivity index (χ4n) is 1.88. The van der Waals surface area contributed by atoms with Crippen molar-refractivity contribution in [2.24, 2.45) is 0 Å². The number of benzene rings is 1. The number of hydrogen-bond donors (Lipinski definition) is 1. The molecule has 0 atom stereocenters. The van der Waals surface area contributed by atoms with E-state index in [4.69, 9.17) is 0 Å². The van der Waals surface area contributed by atoms with Gasteiger partial charge < -0.3 is 9.88 Å².